The van der Waals surface area contributed by atoms with Crippen LogP contribution in [0.1, 0.15) is 45.7 Å². The highest BCUT2D eigenvalue weighted by Crippen LogP contribution is 2.08. The Bertz CT molecular complexity index is 272. The van der Waals surface area contributed by atoms with E-state index in [-0.39, 0.29) is 0 Å². The average Bonchev–Trinajstić information content (AvgIpc) is 2.27. The first kappa shape index (κ1) is 13.1. The zero-order chi connectivity index (χ0) is 11.8. The molecule has 90 valence electrons. The summed E-state index contributed by atoms with van der Waals surface area (Å²) in [5.41, 5.74) is 1.06. The third-order valence-electron chi connectivity index (χ3n) is 2.69. The predicted octanol–water partition coefficient (Wildman–Crippen LogP) is 2.78. The topological polar surface area (TPSA) is 37.8 Å². The number of nitrogens with one attached hydrogen (secondary N) is 1. The largest absolute Gasteiger partial charge is 0.309 e. The molecule has 1 rings (SSSR count). The van der Waals surface area contributed by atoms with E-state index in [1.165, 1.54) is 19.3 Å². The quantitative estimate of drug-likeness (QED) is 0.769. The van der Waals surface area contributed by atoms with E-state index in [9.17, 15) is 0 Å². The summed E-state index contributed by atoms with van der Waals surface area (Å²) in [5.74, 6) is 0.814. The summed E-state index contributed by atoms with van der Waals surface area (Å²) in [4.78, 5) is 8.09. The lowest BCUT2D eigenvalue weighted by Gasteiger charge is -2.13. The second-order valence-electron chi connectivity index (χ2n) is 4.81. The minimum atomic E-state index is 0.564. The van der Waals surface area contributed by atoms with E-state index >= 15 is 0 Å². The van der Waals surface area contributed by atoms with Gasteiger partial charge in [-0.2, -0.15) is 0 Å². The summed E-state index contributed by atoms with van der Waals surface area (Å²) in [6.45, 7) is 7.63. The SMILES string of the molecule is CC(C)CCCC(C)NCc1ccncn1. The Kier molecular flexibility index (Phi) is 6.01. The van der Waals surface area contributed by atoms with Gasteiger partial charge in [-0.3, -0.25) is 0 Å². The number of hydrogen-bond donors (Lipinski definition) is 1. The van der Waals surface area contributed by atoms with E-state index in [1.807, 2.05) is 6.07 Å². The van der Waals surface area contributed by atoms with Crippen molar-refractivity contribution >= 4 is 0 Å². The van der Waals surface area contributed by atoms with Crippen LogP contribution in [-0.2, 0) is 6.54 Å². The first-order valence-electron chi connectivity index (χ1n) is 6.16. The van der Waals surface area contributed by atoms with Crippen molar-refractivity contribution in [2.24, 2.45) is 5.92 Å². The van der Waals surface area contributed by atoms with Gasteiger partial charge in [0.15, 0.2) is 0 Å². The Morgan fingerprint density at radius 1 is 1.25 bits per heavy atom. The molecule has 1 unspecified atom stereocenters. The Morgan fingerprint density at radius 2 is 2.06 bits per heavy atom. The maximum absolute atomic E-state index is 4.19. The van der Waals surface area contributed by atoms with Gasteiger partial charge in [0.1, 0.15) is 6.33 Å². The van der Waals surface area contributed by atoms with E-state index in [4.69, 9.17) is 0 Å². The molecule has 0 saturated heterocycles. The molecule has 0 radical (unpaired) electrons. The van der Waals surface area contributed by atoms with E-state index in [2.05, 4.69) is 36.1 Å². The van der Waals surface area contributed by atoms with Crippen LogP contribution in [0.25, 0.3) is 0 Å². The summed E-state index contributed by atoms with van der Waals surface area (Å²) in [7, 11) is 0. The fourth-order valence-electron chi connectivity index (χ4n) is 1.64. The van der Waals surface area contributed by atoms with Crippen molar-refractivity contribution in [3.8, 4) is 0 Å². The van der Waals surface area contributed by atoms with Crippen molar-refractivity contribution in [1.82, 2.24) is 15.3 Å². The highest BCUT2D eigenvalue weighted by atomic mass is 14.9. The molecular weight excluding hydrogens is 198 g/mol. The minimum absolute atomic E-state index is 0.564. The van der Waals surface area contributed by atoms with Crippen LogP contribution in [0.3, 0.4) is 0 Å². The first-order chi connectivity index (χ1) is 7.68. The summed E-state index contributed by atoms with van der Waals surface area (Å²) >= 11 is 0. The minimum Gasteiger partial charge on any atom is -0.309 e. The van der Waals surface area contributed by atoms with E-state index in [0.29, 0.717) is 6.04 Å². The molecule has 0 saturated carbocycles. The summed E-state index contributed by atoms with van der Waals surface area (Å²) < 4.78 is 0. The van der Waals surface area contributed by atoms with E-state index in [1.54, 1.807) is 12.5 Å². The molecule has 16 heavy (non-hydrogen) atoms. The monoisotopic (exact) mass is 221 g/mol. The predicted molar refractivity (Wildman–Crippen MR) is 67.0 cm³/mol. The van der Waals surface area contributed by atoms with Gasteiger partial charge in [0, 0.05) is 18.8 Å². The number of aromatic nitrogens is 2. The number of rotatable bonds is 7. The summed E-state index contributed by atoms with van der Waals surface area (Å²) in [6.07, 6.45) is 7.24. The Hall–Kier alpha value is -0.960. The fourth-order valence-corrected chi connectivity index (χ4v) is 1.64. The zero-order valence-electron chi connectivity index (χ0n) is 10.6. The van der Waals surface area contributed by atoms with Crippen molar-refractivity contribution in [3.05, 3.63) is 24.3 Å². The van der Waals surface area contributed by atoms with E-state index < -0.39 is 0 Å². The van der Waals surface area contributed by atoms with Crippen molar-refractivity contribution in [2.75, 3.05) is 0 Å². The standard InChI is InChI=1S/C13H23N3/c1-11(2)5-4-6-12(3)15-9-13-7-8-14-10-16-13/h7-8,10-12,15H,4-6,9H2,1-3H3. The second kappa shape index (κ2) is 7.34. The summed E-state index contributed by atoms with van der Waals surface area (Å²) in [5, 5.41) is 3.48. The van der Waals surface area contributed by atoms with Gasteiger partial charge in [0.25, 0.3) is 0 Å². The first-order valence-corrected chi connectivity index (χ1v) is 6.16. The zero-order valence-corrected chi connectivity index (χ0v) is 10.6. The van der Waals surface area contributed by atoms with Gasteiger partial charge < -0.3 is 5.32 Å². The molecule has 0 aliphatic carbocycles. The lowest BCUT2D eigenvalue weighted by molar-refractivity contribution is 0.455. The van der Waals surface area contributed by atoms with Crippen LogP contribution in [0.15, 0.2) is 18.6 Å². The molecule has 1 heterocycles. The van der Waals surface area contributed by atoms with Gasteiger partial charge in [0.05, 0.1) is 5.69 Å². The fraction of sp³-hybridized carbons (Fsp3) is 0.692. The lowest BCUT2D eigenvalue weighted by Crippen LogP contribution is -2.25. The van der Waals surface area contributed by atoms with Gasteiger partial charge in [-0.25, -0.2) is 9.97 Å². The van der Waals surface area contributed by atoms with Gasteiger partial charge >= 0.3 is 0 Å². The molecule has 0 aliphatic rings. The van der Waals surface area contributed by atoms with Crippen LogP contribution in [-0.4, -0.2) is 16.0 Å². The highest BCUT2D eigenvalue weighted by Gasteiger charge is 2.02. The molecule has 3 nitrogen and oxygen atoms in total. The van der Waals surface area contributed by atoms with Gasteiger partial charge in [-0.15, -0.1) is 0 Å². The van der Waals surface area contributed by atoms with Gasteiger partial charge in [-0.1, -0.05) is 26.7 Å². The molecule has 3 heteroatoms. The molecule has 0 bridgehead atoms. The highest BCUT2D eigenvalue weighted by molar-refractivity contribution is 4.97. The lowest BCUT2D eigenvalue weighted by atomic mass is 10.0. The maximum atomic E-state index is 4.19. The Morgan fingerprint density at radius 3 is 2.69 bits per heavy atom. The van der Waals surface area contributed by atoms with Crippen LogP contribution >= 0.6 is 0 Å². The molecule has 0 fully saturated rings. The van der Waals surface area contributed by atoms with Crippen LogP contribution in [0.5, 0.6) is 0 Å². The Balaban J connectivity index is 2.13. The van der Waals surface area contributed by atoms with E-state index in [0.717, 1.165) is 18.2 Å². The van der Waals surface area contributed by atoms with Crippen LogP contribution < -0.4 is 5.32 Å². The molecule has 0 aliphatic heterocycles. The second-order valence-corrected chi connectivity index (χ2v) is 4.81. The number of nitrogens with zero attached hydrogens (tertiary/aromatic N) is 2. The van der Waals surface area contributed by atoms with Crippen LogP contribution in [0, 0.1) is 5.92 Å². The molecule has 0 spiro atoms. The average molecular weight is 221 g/mol. The smallest absolute Gasteiger partial charge is 0.115 e. The van der Waals surface area contributed by atoms with Crippen molar-refractivity contribution < 1.29 is 0 Å². The molecule has 1 aromatic heterocycles. The van der Waals surface area contributed by atoms with Crippen LogP contribution in [0.2, 0.25) is 0 Å². The van der Waals surface area contributed by atoms with Crippen LogP contribution in [0.4, 0.5) is 0 Å². The molecular formula is C13H23N3. The van der Waals surface area contributed by atoms with Crippen molar-refractivity contribution in [1.29, 1.82) is 0 Å². The molecule has 1 aromatic rings. The Labute approximate surface area is 98.7 Å². The third kappa shape index (κ3) is 5.81. The van der Waals surface area contributed by atoms with Gasteiger partial charge in [-0.05, 0) is 25.3 Å². The molecule has 0 aromatic carbocycles. The van der Waals surface area contributed by atoms with Crippen molar-refractivity contribution in [3.63, 3.8) is 0 Å². The molecule has 0 amide bonds. The molecule has 1 N–H and O–H groups in total. The van der Waals surface area contributed by atoms with Crippen molar-refractivity contribution in [2.45, 2.75) is 52.6 Å². The number of hydrogen-bond acceptors (Lipinski definition) is 3. The summed E-state index contributed by atoms with van der Waals surface area (Å²) in [6, 6.07) is 2.52. The molecule has 1 atom stereocenters. The third-order valence-corrected chi connectivity index (χ3v) is 2.69. The normalized spacial score (nSPS) is 13.0. The maximum Gasteiger partial charge on any atom is 0.115 e. The van der Waals surface area contributed by atoms with Gasteiger partial charge in [0.2, 0.25) is 0 Å².